The number of aromatic nitrogens is 2. The zero-order valence-electron chi connectivity index (χ0n) is 15.0. The number of nitrogens with zero attached hydrogens (tertiary/aromatic N) is 3. The molecule has 0 aliphatic carbocycles. The second-order valence-corrected chi connectivity index (χ2v) is 7.39. The van der Waals surface area contributed by atoms with Gasteiger partial charge in [0.15, 0.2) is 4.96 Å². The van der Waals surface area contributed by atoms with Gasteiger partial charge in [-0.05, 0) is 32.0 Å². The number of benzene rings is 1. The largest absolute Gasteiger partial charge is 0.336 e. The lowest BCUT2D eigenvalue weighted by atomic mass is 10.1. The van der Waals surface area contributed by atoms with E-state index in [0.717, 1.165) is 21.2 Å². The molecule has 0 saturated carbocycles. The first-order valence-corrected chi connectivity index (χ1v) is 8.84. The number of amides is 2. The fraction of sp³-hybridized carbons (Fsp3) is 0.278. The van der Waals surface area contributed by atoms with E-state index in [0.29, 0.717) is 12.2 Å². The van der Waals surface area contributed by atoms with Gasteiger partial charge in [0.2, 0.25) is 5.91 Å². The number of imidazole rings is 1. The van der Waals surface area contributed by atoms with Gasteiger partial charge in [0.25, 0.3) is 5.91 Å². The molecule has 0 aliphatic rings. The van der Waals surface area contributed by atoms with Crippen molar-refractivity contribution >= 4 is 33.8 Å². The molecule has 0 spiro atoms. The summed E-state index contributed by atoms with van der Waals surface area (Å²) in [5.41, 5.74) is 2.02. The van der Waals surface area contributed by atoms with E-state index in [9.17, 15) is 14.0 Å². The summed E-state index contributed by atoms with van der Waals surface area (Å²) in [6.45, 7) is 5.54. The predicted molar refractivity (Wildman–Crippen MR) is 99.0 cm³/mol. The highest BCUT2D eigenvalue weighted by Gasteiger charge is 2.20. The van der Waals surface area contributed by atoms with Gasteiger partial charge in [-0.25, -0.2) is 9.37 Å². The van der Waals surface area contributed by atoms with Crippen LogP contribution >= 0.6 is 11.3 Å². The quantitative estimate of drug-likeness (QED) is 0.761. The molecule has 2 aromatic heterocycles. The Hall–Kier alpha value is -2.74. The fourth-order valence-corrected chi connectivity index (χ4v) is 3.66. The van der Waals surface area contributed by atoms with Gasteiger partial charge in [0, 0.05) is 30.7 Å². The van der Waals surface area contributed by atoms with Gasteiger partial charge in [-0.2, -0.15) is 0 Å². The molecule has 3 rings (SSSR count). The molecule has 2 amide bonds. The first-order chi connectivity index (χ1) is 12.3. The van der Waals surface area contributed by atoms with Crippen LogP contribution < -0.4 is 5.32 Å². The first-order valence-electron chi connectivity index (χ1n) is 8.03. The van der Waals surface area contributed by atoms with Crippen LogP contribution in [0.15, 0.2) is 24.4 Å². The van der Waals surface area contributed by atoms with Crippen molar-refractivity contribution in [1.29, 1.82) is 0 Å². The van der Waals surface area contributed by atoms with Crippen LogP contribution in [0.25, 0.3) is 4.96 Å². The summed E-state index contributed by atoms with van der Waals surface area (Å²) in [6.07, 6.45) is 1.98. The summed E-state index contributed by atoms with van der Waals surface area (Å²) in [6, 6.07) is 3.95. The number of hydrogen-bond donors (Lipinski definition) is 1. The van der Waals surface area contributed by atoms with Crippen LogP contribution in [0.4, 0.5) is 10.1 Å². The summed E-state index contributed by atoms with van der Waals surface area (Å²) >= 11 is 1.58. The Bertz CT molecular complexity index is 1010. The molecule has 3 aromatic rings. The zero-order chi connectivity index (χ0) is 19.0. The van der Waals surface area contributed by atoms with Gasteiger partial charge < -0.3 is 10.2 Å². The monoisotopic (exact) mass is 374 g/mol. The van der Waals surface area contributed by atoms with E-state index in [4.69, 9.17) is 0 Å². The van der Waals surface area contributed by atoms with Crippen LogP contribution in [-0.2, 0) is 11.3 Å². The Morgan fingerprint density at radius 1 is 1.35 bits per heavy atom. The predicted octanol–water partition coefficient (Wildman–Crippen LogP) is 3.38. The average Bonchev–Trinajstić information content (AvgIpc) is 3.04. The molecule has 136 valence electrons. The molecule has 0 saturated heterocycles. The molecular formula is C18H19FN4O2S. The van der Waals surface area contributed by atoms with Crippen LogP contribution in [0, 0.1) is 19.7 Å². The molecule has 26 heavy (non-hydrogen) atoms. The van der Waals surface area contributed by atoms with Crippen LogP contribution in [0.2, 0.25) is 0 Å². The van der Waals surface area contributed by atoms with Crippen LogP contribution in [0.5, 0.6) is 0 Å². The molecule has 0 radical (unpaired) electrons. The molecule has 1 N–H and O–H groups in total. The van der Waals surface area contributed by atoms with E-state index in [-0.39, 0.29) is 11.5 Å². The molecular weight excluding hydrogens is 355 g/mol. The molecule has 8 heteroatoms. The van der Waals surface area contributed by atoms with Crippen LogP contribution in [0.3, 0.4) is 0 Å². The van der Waals surface area contributed by atoms with Gasteiger partial charge in [0.05, 0.1) is 23.5 Å². The van der Waals surface area contributed by atoms with Crippen LogP contribution in [0.1, 0.15) is 33.5 Å². The van der Waals surface area contributed by atoms with Gasteiger partial charge in [0.1, 0.15) is 5.82 Å². The minimum atomic E-state index is -0.627. The minimum absolute atomic E-state index is 0.0846. The molecule has 0 bridgehead atoms. The number of anilines is 1. The van der Waals surface area contributed by atoms with Crippen molar-refractivity contribution in [2.75, 3.05) is 12.4 Å². The van der Waals surface area contributed by atoms with Gasteiger partial charge in [-0.1, -0.05) is 0 Å². The molecule has 1 aromatic carbocycles. The molecule has 6 nitrogen and oxygen atoms in total. The Morgan fingerprint density at radius 2 is 2.08 bits per heavy atom. The Morgan fingerprint density at radius 3 is 2.77 bits per heavy atom. The molecule has 2 heterocycles. The number of aryl methyl sites for hydroxylation is 2. The maximum absolute atomic E-state index is 14.2. The third kappa shape index (κ3) is 3.45. The smallest absolute Gasteiger partial charge is 0.257 e. The fourth-order valence-electron chi connectivity index (χ4n) is 2.77. The molecule has 0 unspecified atom stereocenters. The maximum atomic E-state index is 14.2. The van der Waals surface area contributed by atoms with Crippen molar-refractivity contribution < 1.29 is 14.0 Å². The number of carbonyl (C=O) groups excluding carboxylic acids is 2. The number of rotatable bonds is 4. The highest BCUT2D eigenvalue weighted by molar-refractivity contribution is 7.17. The highest BCUT2D eigenvalue weighted by atomic mass is 32.1. The second-order valence-electron chi connectivity index (χ2n) is 6.18. The lowest BCUT2D eigenvalue weighted by Gasteiger charge is -2.18. The number of thiazole rings is 1. The number of fused-ring (bicyclic) bond motifs is 1. The van der Waals surface area contributed by atoms with Crippen molar-refractivity contribution in [3.63, 3.8) is 0 Å². The summed E-state index contributed by atoms with van der Waals surface area (Å²) in [4.78, 5) is 31.8. The van der Waals surface area contributed by atoms with E-state index < -0.39 is 11.7 Å². The molecule has 0 aliphatic heterocycles. The second kappa shape index (κ2) is 6.87. The van der Waals surface area contributed by atoms with Gasteiger partial charge >= 0.3 is 0 Å². The van der Waals surface area contributed by atoms with E-state index in [1.165, 1.54) is 30.0 Å². The van der Waals surface area contributed by atoms with E-state index >= 15 is 0 Å². The van der Waals surface area contributed by atoms with Crippen molar-refractivity contribution in [3.8, 4) is 0 Å². The molecule has 0 atom stereocenters. The first kappa shape index (κ1) is 18.1. The summed E-state index contributed by atoms with van der Waals surface area (Å²) in [5, 5.41) is 2.56. The molecule has 0 fully saturated rings. The van der Waals surface area contributed by atoms with Gasteiger partial charge in [-0.15, -0.1) is 11.3 Å². The topological polar surface area (TPSA) is 66.7 Å². The lowest BCUT2D eigenvalue weighted by molar-refractivity contribution is -0.114. The SMILES string of the molecule is CC(=O)Nc1ccc(F)c(C(=O)N(C)Cc2c(C)nc3sc(C)cn23)c1. The Kier molecular flexibility index (Phi) is 4.78. The maximum Gasteiger partial charge on any atom is 0.257 e. The summed E-state index contributed by atoms with van der Waals surface area (Å²) < 4.78 is 16.1. The number of hydrogen-bond acceptors (Lipinski definition) is 4. The Balaban J connectivity index is 1.87. The standard InChI is InChI=1S/C18H19FN4O2S/c1-10-8-23-16(11(2)20-18(23)26-10)9-22(4)17(25)14-7-13(21-12(3)24)5-6-15(14)19/h5-8H,9H2,1-4H3,(H,21,24). The third-order valence-corrected chi connectivity index (χ3v) is 4.89. The third-order valence-electron chi connectivity index (χ3n) is 3.99. The van der Waals surface area contributed by atoms with E-state index in [2.05, 4.69) is 10.3 Å². The number of carbonyl (C=O) groups is 2. The van der Waals surface area contributed by atoms with E-state index in [1.54, 1.807) is 18.4 Å². The Labute approximate surface area is 154 Å². The van der Waals surface area contributed by atoms with Crippen molar-refractivity contribution in [2.45, 2.75) is 27.3 Å². The normalized spacial score (nSPS) is 11.0. The minimum Gasteiger partial charge on any atom is -0.336 e. The van der Waals surface area contributed by atoms with Crippen molar-refractivity contribution in [2.24, 2.45) is 0 Å². The number of halogens is 1. The van der Waals surface area contributed by atoms with Crippen molar-refractivity contribution in [1.82, 2.24) is 14.3 Å². The lowest BCUT2D eigenvalue weighted by Crippen LogP contribution is -2.28. The van der Waals surface area contributed by atoms with Crippen molar-refractivity contribution in [3.05, 3.63) is 52.0 Å². The summed E-state index contributed by atoms with van der Waals surface area (Å²) in [5.74, 6) is -1.37. The highest BCUT2D eigenvalue weighted by Crippen LogP contribution is 2.23. The van der Waals surface area contributed by atoms with Crippen LogP contribution in [-0.4, -0.2) is 33.1 Å². The summed E-state index contributed by atoms with van der Waals surface area (Å²) in [7, 11) is 1.62. The average molecular weight is 374 g/mol. The zero-order valence-corrected chi connectivity index (χ0v) is 15.8. The van der Waals surface area contributed by atoms with Gasteiger partial charge in [-0.3, -0.25) is 14.0 Å². The number of nitrogens with one attached hydrogen (secondary N) is 1. The van der Waals surface area contributed by atoms with E-state index in [1.807, 2.05) is 24.4 Å².